The van der Waals surface area contributed by atoms with Gasteiger partial charge in [-0.3, -0.25) is 4.90 Å². The van der Waals surface area contributed by atoms with E-state index in [4.69, 9.17) is 9.47 Å². The Labute approximate surface area is 152 Å². The Kier molecular flexibility index (Phi) is 6.68. The topological polar surface area (TPSA) is 37.8 Å². The average molecular weight is 348 g/mol. The molecule has 2 saturated heterocycles. The highest BCUT2D eigenvalue weighted by atomic mass is 16.5. The number of ether oxygens (including phenoxy) is 2. The molecule has 5 heteroatoms. The van der Waals surface area contributed by atoms with Gasteiger partial charge in [-0.1, -0.05) is 6.07 Å². The largest absolute Gasteiger partial charge is 0.381 e. The molecule has 0 N–H and O–H groups in total. The first-order valence-corrected chi connectivity index (χ1v) is 9.75. The van der Waals surface area contributed by atoms with Crippen molar-refractivity contribution >= 4 is 5.82 Å². The van der Waals surface area contributed by atoms with Crippen LogP contribution in [0.4, 0.5) is 5.82 Å². The molecule has 0 bridgehead atoms. The van der Waals surface area contributed by atoms with E-state index >= 15 is 0 Å². The molecule has 1 aromatic heterocycles. The van der Waals surface area contributed by atoms with Crippen molar-refractivity contribution in [2.24, 2.45) is 0 Å². The van der Waals surface area contributed by atoms with Crippen LogP contribution < -0.4 is 4.90 Å². The third-order valence-electron chi connectivity index (χ3n) is 5.44. The highest BCUT2D eigenvalue weighted by Gasteiger charge is 2.24. The number of rotatable bonds is 6. The zero-order chi connectivity index (χ0) is 17.6. The van der Waals surface area contributed by atoms with Crippen LogP contribution in [0.15, 0.2) is 18.3 Å². The van der Waals surface area contributed by atoms with Crippen LogP contribution in [-0.2, 0) is 16.0 Å². The van der Waals surface area contributed by atoms with Gasteiger partial charge in [-0.25, -0.2) is 4.98 Å². The Morgan fingerprint density at radius 3 is 2.44 bits per heavy atom. The van der Waals surface area contributed by atoms with Crippen molar-refractivity contribution in [1.82, 2.24) is 9.88 Å². The summed E-state index contributed by atoms with van der Waals surface area (Å²) in [4.78, 5) is 9.34. The van der Waals surface area contributed by atoms with Crippen molar-refractivity contribution in [3.63, 3.8) is 0 Å². The lowest BCUT2D eigenvalue weighted by molar-refractivity contribution is -0.0851. The lowest BCUT2D eigenvalue weighted by atomic mass is 10.1. The van der Waals surface area contributed by atoms with Crippen LogP contribution in [0.5, 0.6) is 0 Å². The number of pyridine rings is 1. The van der Waals surface area contributed by atoms with Gasteiger partial charge in [0.15, 0.2) is 0 Å². The summed E-state index contributed by atoms with van der Waals surface area (Å²) in [7, 11) is 2.09. The smallest absolute Gasteiger partial charge is 0.128 e. The molecule has 1 aromatic rings. The number of nitrogens with zero attached hydrogens (tertiary/aromatic N) is 3. The first kappa shape index (κ1) is 18.6. The molecular formula is C20H33N3O2. The fourth-order valence-corrected chi connectivity index (χ4v) is 3.53. The van der Waals surface area contributed by atoms with E-state index in [2.05, 4.69) is 47.8 Å². The van der Waals surface area contributed by atoms with Gasteiger partial charge >= 0.3 is 0 Å². The SMILES string of the molecule is CC(C)N(C)c1ccc(CN2CCC(OC3CCOCC3)CC2)cn1. The summed E-state index contributed by atoms with van der Waals surface area (Å²) >= 11 is 0. The second kappa shape index (κ2) is 8.97. The number of hydrogen-bond donors (Lipinski definition) is 0. The number of hydrogen-bond acceptors (Lipinski definition) is 5. The molecule has 25 heavy (non-hydrogen) atoms. The maximum absolute atomic E-state index is 6.27. The maximum atomic E-state index is 6.27. The van der Waals surface area contributed by atoms with Crippen molar-refractivity contribution in [3.8, 4) is 0 Å². The molecule has 0 aliphatic carbocycles. The summed E-state index contributed by atoms with van der Waals surface area (Å²) in [6.07, 6.45) is 7.27. The van der Waals surface area contributed by atoms with Crippen molar-refractivity contribution < 1.29 is 9.47 Å². The van der Waals surface area contributed by atoms with Gasteiger partial charge in [0.05, 0.1) is 12.2 Å². The Morgan fingerprint density at radius 1 is 1.16 bits per heavy atom. The van der Waals surface area contributed by atoms with Crippen LogP contribution in [0.2, 0.25) is 0 Å². The van der Waals surface area contributed by atoms with Gasteiger partial charge in [0.25, 0.3) is 0 Å². The summed E-state index contributed by atoms with van der Waals surface area (Å²) in [5.74, 6) is 1.04. The zero-order valence-electron chi connectivity index (χ0n) is 16.0. The second-order valence-corrected chi connectivity index (χ2v) is 7.65. The molecule has 0 saturated carbocycles. The van der Waals surface area contributed by atoms with Gasteiger partial charge in [-0.05, 0) is 51.2 Å². The van der Waals surface area contributed by atoms with Crippen LogP contribution in [-0.4, -0.2) is 61.5 Å². The number of anilines is 1. The highest BCUT2D eigenvalue weighted by molar-refractivity contribution is 5.39. The normalized spacial score (nSPS) is 21.0. The highest BCUT2D eigenvalue weighted by Crippen LogP contribution is 2.21. The molecule has 2 aliphatic heterocycles. The van der Waals surface area contributed by atoms with Crippen LogP contribution in [0, 0.1) is 0 Å². The van der Waals surface area contributed by atoms with Gasteiger partial charge in [-0.15, -0.1) is 0 Å². The molecule has 2 fully saturated rings. The number of piperidine rings is 1. The zero-order valence-corrected chi connectivity index (χ0v) is 16.0. The molecule has 0 amide bonds. The van der Waals surface area contributed by atoms with Crippen molar-refractivity contribution in [2.75, 3.05) is 38.3 Å². The Bertz CT molecular complexity index is 506. The summed E-state index contributed by atoms with van der Waals surface area (Å²) in [5.41, 5.74) is 1.30. The van der Waals surface area contributed by atoms with Crippen LogP contribution in [0.3, 0.4) is 0 Å². The summed E-state index contributed by atoms with van der Waals surface area (Å²) in [6, 6.07) is 4.82. The minimum atomic E-state index is 0.417. The first-order chi connectivity index (χ1) is 12.1. The molecule has 5 nitrogen and oxygen atoms in total. The number of aromatic nitrogens is 1. The minimum Gasteiger partial charge on any atom is -0.381 e. The fraction of sp³-hybridized carbons (Fsp3) is 0.750. The summed E-state index contributed by atoms with van der Waals surface area (Å²) in [5, 5.41) is 0. The number of likely N-dealkylation sites (tertiary alicyclic amines) is 1. The third kappa shape index (κ3) is 5.40. The molecule has 3 rings (SSSR count). The maximum Gasteiger partial charge on any atom is 0.128 e. The average Bonchev–Trinajstić information content (AvgIpc) is 2.64. The van der Waals surface area contributed by atoms with E-state index in [1.54, 1.807) is 0 Å². The predicted octanol–water partition coefficient (Wildman–Crippen LogP) is 3.09. The van der Waals surface area contributed by atoms with E-state index in [-0.39, 0.29) is 0 Å². The van der Waals surface area contributed by atoms with Crippen LogP contribution in [0.1, 0.15) is 45.1 Å². The third-order valence-corrected chi connectivity index (χ3v) is 5.44. The van der Waals surface area contributed by atoms with Crippen LogP contribution >= 0.6 is 0 Å². The molecule has 3 heterocycles. The quantitative estimate of drug-likeness (QED) is 0.790. The van der Waals surface area contributed by atoms with E-state index in [0.717, 1.165) is 64.3 Å². The summed E-state index contributed by atoms with van der Waals surface area (Å²) < 4.78 is 11.7. The van der Waals surface area contributed by atoms with E-state index < -0.39 is 0 Å². The Morgan fingerprint density at radius 2 is 1.84 bits per heavy atom. The molecule has 0 unspecified atom stereocenters. The Hall–Kier alpha value is -1.17. The molecule has 0 spiro atoms. The van der Waals surface area contributed by atoms with E-state index in [0.29, 0.717) is 18.2 Å². The molecule has 2 aliphatic rings. The van der Waals surface area contributed by atoms with Gasteiger partial charge < -0.3 is 14.4 Å². The van der Waals surface area contributed by atoms with E-state index in [1.165, 1.54) is 5.56 Å². The van der Waals surface area contributed by atoms with Gasteiger partial charge in [0.2, 0.25) is 0 Å². The molecular weight excluding hydrogens is 314 g/mol. The van der Waals surface area contributed by atoms with Crippen molar-refractivity contribution in [3.05, 3.63) is 23.9 Å². The monoisotopic (exact) mass is 347 g/mol. The lowest BCUT2D eigenvalue weighted by Crippen LogP contribution is -2.39. The molecule has 140 valence electrons. The van der Waals surface area contributed by atoms with Gasteiger partial charge in [0, 0.05) is 52.1 Å². The Balaban J connectivity index is 1.42. The van der Waals surface area contributed by atoms with Crippen LogP contribution in [0.25, 0.3) is 0 Å². The van der Waals surface area contributed by atoms with Crippen molar-refractivity contribution in [1.29, 1.82) is 0 Å². The fourth-order valence-electron chi connectivity index (χ4n) is 3.53. The van der Waals surface area contributed by atoms with E-state index in [9.17, 15) is 0 Å². The standard InChI is InChI=1S/C20H33N3O2/c1-16(2)22(3)20-5-4-17(14-21-20)15-23-10-6-18(7-11-23)25-19-8-12-24-13-9-19/h4-5,14,16,18-19H,6-13,15H2,1-3H3. The van der Waals surface area contributed by atoms with Crippen molar-refractivity contribution in [2.45, 2.75) is 64.3 Å². The predicted molar refractivity (Wildman–Crippen MR) is 101 cm³/mol. The second-order valence-electron chi connectivity index (χ2n) is 7.65. The molecule has 0 radical (unpaired) electrons. The molecule has 0 aromatic carbocycles. The first-order valence-electron chi connectivity index (χ1n) is 9.75. The summed E-state index contributed by atoms with van der Waals surface area (Å²) in [6.45, 7) is 9.30. The molecule has 0 atom stereocenters. The van der Waals surface area contributed by atoms with E-state index in [1.807, 2.05) is 6.20 Å². The minimum absolute atomic E-state index is 0.417. The lowest BCUT2D eigenvalue weighted by Gasteiger charge is -2.35. The van der Waals surface area contributed by atoms with Gasteiger partial charge in [-0.2, -0.15) is 0 Å². The van der Waals surface area contributed by atoms with Gasteiger partial charge in [0.1, 0.15) is 5.82 Å².